The van der Waals surface area contributed by atoms with Crippen LogP contribution in [0, 0.1) is 11.8 Å². The molecule has 0 bridgehead atoms. The lowest BCUT2D eigenvalue weighted by Crippen LogP contribution is -2.26. The second-order valence-electron chi connectivity index (χ2n) is 6.23. The Morgan fingerprint density at radius 3 is 2.65 bits per heavy atom. The Bertz CT molecular complexity index is 386. The molecule has 2 atom stereocenters. The fourth-order valence-corrected chi connectivity index (χ4v) is 4.23. The van der Waals surface area contributed by atoms with Crippen LogP contribution in [0.1, 0.15) is 56.7 Å². The standard InChI is InChI=1S/C16H26ClNOS/c1-12-7-13(2)9-15(8-12)19-6-4-3-5-16-18-14(10-17)11-20-16/h11-13,15H,3-10H2,1-2H3. The number of hydrogen-bond donors (Lipinski definition) is 0. The predicted octanol–water partition coefficient (Wildman–Crippen LogP) is 5.05. The monoisotopic (exact) mass is 315 g/mol. The minimum Gasteiger partial charge on any atom is -0.378 e. The van der Waals surface area contributed by atoms with Crippen molar-refractivity contribution in [3.8, 4) is 0 Å². The van der Waals surface area contributed by atoms with Crippen molar-refractivity contribution in [3.05, 3.63) is 16.1 Å². The van der Waals surface area contributed by atoms with E-state index in [1.54, 1.807) is 11.3 Å². The minimum atomic E-state index is 0.497. The molecule has 2 rings (SSSR count). The topological polar surface area (TPSA) is 22.1 Å². The van der Waals surface area contributed by atoms with Gasteiger partial charge in [-0.3, -0.25) is 0 Å². The average Bonchev–Trinajstić information content (AvgIpc) is 2.85. The van der Waals surface area contributed by atoms with E-state index in [9.17, 15) is 0 Å². The summed E-state index contributed by atoms with van der Waals surface area (Å²) in [5.41, 5.74) is 1.01. The zero-order chi connectivity index (χ0) is 14.4. The van der Waals surface area contributed by atoms with Crippen molar-refractivity contribution >= 4 is 22.9 Å². The maximum absolute atomic E-state index is 6.05. The molecule has 0 aliphatic heterocycles. The molecule has 0 radical (unpaired) electrons. The van der Waals surface area contributed by atoms with Gasteiger partial charge in [0.25, 0.3) is 0 Å². The normalized spacial score (nSPS) is 26.9. The molecule has 1 aliphatic rings. The largest absolute Gasteiger partial charge is 0.378 e. The summed E-state index contributed by atoms with van der Waals surface area (Å²) in [5.74, 6) is 2.18. The van der Waals surface area contributed by atoms with Gasteiger partial charge < -0.3 is 4.74 Å². The van der Waals surface area contributed by atoms with Crippen LogP contribution in [0.3, 0.4) is 0 Å². The van der Waals surface area contributed by atoms with Gasteiger partial charge in [0.1, 0.15) is 0 Å². The quantitative estimate of drug-likeness (QED) is 0.519. The molecule has 2 unspecified atom stereocenters. The fourth-order valence-electron chi connectivity index (χ4n) is 3.16. The summed E-state index contributed by atoms with van der Waals surface area (Å²) in [7, 11) is 0. The molecule has 2 nitrogen and oxygen atoms in total. The number of thiazole rings is 1. The Kier molecular flexibility index (Phi) is 6.79. The first-order valence-electron chi connectivity index (χ1n) is 7.78. The molecule has 1 fully saturated rings. The highest BCUT2D eigenvalue weighted by Crippen LogP contribution is 2.30. The Labute approximate surface area is 131 Å². The van der Waals surface area contributed by atoms with Crippen LogP contribution in [0.5, 0.6) is 0 Å². The number of nitrogens with zero attached hydrogens (tertiary/aromatic N) is 1. The molecule has 0 saturated heterocycles. The van der Waals surface area contributed by atoms with Crippen molar-refractivity contribution in [1.29, 1.82) is 0 Å². The van der Waals surface area contributed by atoms with E-state index in [4.69, 9.17) is 16.3 Å². The van der Waals surface area contributed by atoms with Crippen molar-refractivity contribution in [2.75, 3.05) is 6.61 Å². The molecule has 1 aromatic rings. The van der Waals surface area contributed by atoms with E-state index in [1.807, 2.05) is 0 Å². The van der Waals surface area contributed by atoms with Crippen molar-refractivity contribution in [3.63, 3.8) is 0 Å². The van der Waals surface area contributed by atoms with Crippen LogP contribution in [0.4, 0.5) is 0 Å². The number of hydrogen-bond acceptors (Lipinski definition) is 3. The van der Waals surface area contributed by atoms with Crippen LogP contribution < -0.4 is 0 Å². The first-order valence-corrected chi connectivity index (χ1v) is 9.19. The molecule has 4 heteroatoms. The van der Waals surface area contributed by atoms with Gasteiger partial charge in [0, 0.05) is 12.0 Å². The van der Waals surface area contributed by atoms with E-state index in [0.29, 0.717) is 12.0 Å². The van der Waals surface area contributed by atoms with Gasteiger partial charge in [0.15, 0.2) is 0 Å². The van der Waals surface area contributed by atoms with Crippen LogP contribution in [0.2, 0.25) is 0 Å². The first-order chi connectivity index (χ1) is 9.67. The summed E-state index contributed by atoms with van der Waals surface area (Å²) in [6.07, 6.45) is 7.71. The molecule has 1 aromatic heterocycles. The van der Waals surface area contributed by atoms with E-state index in [2.05, 4.69) is 24.2 Å². The Morgan fingerprint density at radius 2 is 2.00 bits per heavy atom. The van der Waals surface area contributed by atoms with E-state index in [1.165, 1.54) is 24.3 Å². The van der Waals surface area contributed by atoms with Crippen molar-refractivity contribution in [2.24, 2.45) is 11.8 Å². The Hall–Kier alpha value is -0.120. The zero-order valence-corrected chi connectivity index (χ0v) is 14.2. The molecular formula is C16H26ClNOS. The smallest absolute Gasteiger partial charge is 0.0928 e. The fraction of sp³-hybridized carbons (Fsp3) is 0.812. The van der Waals surface area contributed by atoms with Gasteiger partial charge in [0.2, 0.25) is 0 Å². The van der Waals surface area contributed by atoms with Crippen molar-refractivity contribution in [1.82, 2.24) is 4.98 Å². The van der Waals surface area contributed by atoms with Crippen LogP contribution >= 0.6 is 22.9 Å². The Morgan fingerprint density at radius 1 is 1.25 bits per heavy atom. The van der Waals surface area contributed by atoms with E-state index in [-0.39, 0.29) is 0 Å². The molecule has 1 saturated carbocycles. The number of alkyl halides is 1. The molecule has 20 heavy (non-hydrogen) atoms. The molecule has 1 aliphatic carbocycles. The SMILES string of the molecule is CC1CC(C)CC(OCCCCc2nc(CCl)cs2)C1. The van der Waals surface area contributed by atoms with Gasteiger partial charge in [-0.25, -0.2) is 4.98 Å². The molecule has 0 amide bonds. The van der Waals surface area contributed by atoms with Crippen LogP contribution in [-0.4, -0.2) is 17.7 Å². The summed E-state index contributed by atoms with van der Waals surface area (Å²) in [5, 5.41) is 3.27. The van der Waals surface area contributed by atoms with Crippen molar-refractivity contribution < 1.29 is 4.74 Å². The first kappa shape index (κ1) is 16.3. The van der Waals surface area contributed by atoms with Gasteiger partial charge in [-0.2, -0.15) is 0 Å². The highest BCUT2D eigenvalue weighted by Gasteiger charge is 2.24. The molecule has 1 heterocycles. The minimum absolute atomic E-state index is 0.497. The van der Waals surface area contributed by atoms with E-state index >= 15 is 0 Å². The molecule has 114 valence electrons. The number of halogens is 1. The van der Waals surface area contributed by atoms with Gasteiger partial charge in [-0.05, 0) is 50.4 Å². The third kappa shape index (κ3) is 5.34. The van der Waals surface area contributed by atoms with Gasteiger partial charge in [0.05, 0.1) is 22.7 Å². The predicted molar refractivity (Wildman–Crippen MR) is 86.5 cm³/mol. The number of rotatable bonds is 7. The lowest BCUT2D eigenvalue weighted by atomic mass is 9.82. The van der Waals surface area contributed by atoms with Crippen LogP contribution in [0.25, 0.3) is 0 Å². The van der Waals surface area contributed by atoms with Crippen LogP contribution in [0.15, 0.2) is 5.38 Å². The molecular weight excluding hydrogens is 290 g/mol. The Balaban J connectivity index is 1.57. The lowest BCUT2D eigenvalue weighted by molar-refractivity contribution is -0.000431. The maximum atomic E-state index is 6.05. The van der Waals surface area contributed by atoms with E-state index in [0.717, 1.165) is 43.4 Å². The summed E-state index contributed by atoms with van der Waals surface area (Å²) in [4.78, 5) is 4.48. The highest BCUT2D eigenvalue weighted by atomic mass is 35.5. The lowest BCUT2D eigenvalue weighted by Gasteiger charge is -2.31. The summed E-state index contributed by atoms with van der Waals surface area (Å²) in [6.45, 7) is 5.60. The number of aromatic nitrogens is 1. The third-order valence-electron chi connectivity index (χ3n) is 4.01. The molecule has 0 aromatic carbocycles. The summed E-state index contributed by atoms with van der Waals surface area (Å²) >= 11 is 7.48. The molecule has 0 N–H and O–H groups in total. The zero-order valence-electron chi connectivity index (χ0n) is 12.6. The van der Waals surface area contributed by atoms with Crippen LogP contribution in [-0.2, 0) is 17.0 Å². The second kappa shape index (κ2) is 8.35. The number of aryl methyl sites for hydroxylation is 1. The third-order valence-corrected chi connectivity index (χ3v) is 5.24. The van der Waals surface area contributed by atoms with Gasteiger partial charge >= 0.3 is 0 Å². The number of unbranched alkanes of at least 4 members (excludes halogenated alkanes) is 1. The summed E-state index contributed by atoms with van der Waals surface area (Å²) in [6, 6.07) is 0. The summed E-state index contributed by atoms with van der Waals surface area (Å²) < 4.78 is 6.05. The van der Waals surface area contributed by atoms with Crippen molar-refractivity contribution in [2.45, 2.75) is 64.4 Å². The molecule has 0 spiro atoms. The maximum Gasteiger partial charge on any atom is 0.0928 e. The van der Waals surface area contributed by atoms with Gasteiger partial charge in [-0.15, -0.1) is 22.9 Å². The number of ether oxygens (including phenoxy) is 1. The average molecular weight is 316 g/mol. The second-order valence-corrected chi connectivity index (χ2v) is 7.44. The van der Waals surface area contributed by atoms with E-state index < -0.39 is 0 Å². The van der Waals surface area contributed by atoms with Gasteiger partial charge in [-0.1, -0.05) is 13.8 Å². The highest BCUT2D eigenvalue weighted by molar-refractivity contribution is 7.09.